The molecule has 0 unspecified atom stereocenters. The van der Waals surface area contributed by atoms with Crippen molar-refractivity contribution in [1.82, 2.24) is 0 Å². The zero-order chi connectivity index (χ0) is 11.9. The van der Waals surface area contributed by atoms with Crippen LogP contribution in [0.5, 0.6) is 0 Å². The van der Waals surface area contributed by atoms with Crippen molar-refractivity contribution in [3.05, 3.63) is 18.2 Å². The number of anilines is 1. The Morgan fingerprint density at radius 2 is 1.73 bits per heavy atom. The van der Waals surface area contributed by atoms with Crippen molar-refractivity contribution in [3.63, 3.8) is 0 Å². The predicted octanol–water partition coefficient (Wildman–Crippen LogP) is -0.0810. The summed E-state index contributed by atoms with van der Waals surface area (Å²) in [6, 6.07) is 2.96. The molecule has 15 heavy (non-hydrogen) atoms. The molecule has 0 atom stereocenters. The van der Waals surface area contributed by atoms with Gasteiger partial charge < -0.3 is 5.73 Å². The molecular weight excluding hydrogens is 242 g/mol. The van der Waals surface area contributed by atoms with Crippen molar-refractivity contribution in [2.75, 3.05) is 12.0 Å². The largest absolute Gasteiger partial charge is 0.398 e. The molecule has 1 aromatic rings. The number of hydrogen-bond acceptors (Lipinski definition) is 5. The first-order chi connectivity index (χ1) is 6.62. The summed E-state index contributed by atoms with van der Waals surface area (Å²) < 4.78 is 52.5. The van der Waals surface area contributed by atoms with E-state index in [1.165, 1.54) is 0 Å². The van der Waals surface area contributed by atoms with Crippen molar-refractivity contribution in [2.45, 2.75) is 9.79 Å². The Hall–Kier alpha value is -1.12. The highest BCUT2D eigenvalue weighted by molar-refractivity contribution is 7.91. The second-order valence-electron chi connectivity index (χ2n) is 2.95. The Kier molecular flexibility index (Phi) is 2.77. The van der Waals surface area contributed by atoms with Crippen LogP contribution in [-0.4, -0.2) is 27.6 Å². The van der Waals surface area contributed by atoms with Gasteiger partial charge in [-0.25, -0.2) is 8.42 Å². The fourth-order valence-corrected chi connectivity index (χ4v) is 2.41. The molecule has 84 valence electrons. The lowest BCUT2D eigenvalue weighted by atomic mass is 10.3. The smallest absolute Gasteiger partial charge is 0.294 e. The Morgan fingerprint density at radius 1 is 1.20 bits per heavy atom. The average Bonchev–Trinajstić information content (AvgIpc) is 2.00. The van der Waals surface area contributed by atoms with E-state index in [-0.39, 0.29) is 10.6 Å². The molecule has 0 heterocycles. The third kappa shape index (κ3) is 2.67. The van der Waals surface area contributed by atoms with Gasteiger partial charge in [-0.3, -0.25) is 4.55 Å². The molecule has 0 fully saturated rings. The van der Waals surface area contributed by atoms with Crippen molar-refractivity contribution in [2.24, 2.45) is 0 Å². The van der Waals surface area contributed by atoms with Gasteiger partial charge in [0.15, 0.2) is 9.84 Å². The predicted molar refractivity (Wildman–Crippen MR) is 53.8 cm³/mol. The van der Waals surface area contributed by atoms with Gasteiger partial charge in [-0.2, -0.15) is 8.42 Å². The number of benzene rings is 1. The molecule has 0 aromatic heterocycles. The van der Waals surface area contributed by atoms with Crippen LogP contribution in [0, 0.1) is 0 Å². The molecule has 0 amide bonds. The number of nitrogens with two attached hydrogens (primary N) is 1. The Bertz CT molecular complexity index is 588. The number of rotatable bonds is 2. The third-order valence-electron chi connectivity index (χ3n) is 1.68. The quantitative estimate of drug-likeness (QED) is 0.561. The molecule has 0 saturated heterocycles. The van der Waals surface area contributed by atoms with Crippen LogP contribution >= 0.6 is 0 Å². The summed E-state index contributed by atoms with van der Waals surface area (Å²) in [7, 11) is -8.04. The minimum atomic E-state index is -4.42. The fraction of sp³-hybridized carbons (Fsp3) is 0.143. The zero-order valence-electron chi connectivity index (χ0n) is 7.71. The Balaban J connectivity index is 3.57. The number of sulfone groups is 1. The molecule has 6 nitrogen and oxygen atoms in total. The minimum absolute atomic E-state index is 0.0649. The van der Waals surface area contributed by atoms with Crippen LogP contribution in [0.15, 0.2) is 28.0 Å². The maximum atomic E-state index is 11.2. The summed E-state index contributed by atoms with van der Waals surface area (Å²) in [5.41, 5.74) is 5.30. The van der Waals surface area contributed by atoms with E-state index >= 15 is 0 Å². The van der Waals surface area contributed by atoms with Crippen LogP contribution in [0.2, 0.25) is 0 Å². The van der Waals surface area contributed by atoms with Crippen LogP contribution in [0.4, 0.5) is 5.69 Å². The zero-order valence-corrected chi connectivity index (χ0v) is 9.34. The van der Waals surface area contributed by atoms with Crippen molar-refractivity contribution < 1.29 is 21.4 Å². The highest BCUT2D eigenvalue weighted by Crippen LogP contribution is 2.22. The molecule has 0 radical (unpaired) electrons. The normalized spacial score (nSPS) is 12.7. The van der Waals surface area contributed by atoms with E-state index in [9.17, 15) is 16.8 Å². The fourth-order valence-electron chi connectivity index (χ4n) is 0.996. The van der Waals surface area contributed by atoms with Gasteiger partial charge in [0, 0.05) is 6.26 Å². The average molecular weight is 251 g/mol. The van der Waals surface area contributed by atoms with Gasteiger partial charge in [0.25, 0.3) is 10.1 Å². The molecule has 0 aliphatic rings. The van der Waals surface area contributed by atoms with Crippen molar-refractivity contribution >= 4 is 25.6 Å². The number of nitrogen functional groups attached to an aromatic ring is 1. The minimum Gasteiger partial charge on any atom is -0.398 e. The maximum Gasteiger partial charge on any atom is 0.294 e. The van der Waals surface area contributed by atoms with E-state index < -0.39 is 24.9 Å². The van der Waals surface area contributed by atoms with E-state index in [2.05, 4.69) is 0 Å². The molecule has 1 aromatic carbocycles. The lowest BCUT2D eigenvalue weighted by molar-refractivity contribution is 0.483. The lowest BCUT2D eigenvalue weighted by Crippen LogP contribution is -2.05. The Labute approximate surface area is 87.4 Å². The highest BCUT2D eigenvalue weighted by Gasteiger charge is 2.17. The second-order valence-corrected chi connectivity index (χ2v) is 6.35. The summed E-state index contributed by atoms with van der Waals surface area (Å²) in [4.78, 5) is -0.824. The molecular formula is C7H9NO5S2. The van der Waals surface area contributed by atoms with E-state index in [0.29, 0.717) is 0 Å². The van der Waals surface area contributed by atoms with Gasteiger partial charge in [-0.05, 0) is 18.2 Å². The van der Waals surface area contributed by atoms with Crippen LogP contribution < -0.4 is 5.73 Å². The van der Waals surface area contributed by atoms with Crippen LogP contribution in [0.1, 0.15) is 0 Å². The van der Waals surface area contributed by atoms with Gasteiger partial charge in [-0.1, -0.05) is 0 Å². The number of hydrogen-bond donors (Lipinski definition) is 2. The summed E-state index contributed by atoms with van der Waals surface area (Å²) in [6.07, 6.45) is 0.895. The standard InChI is InChI=1S/C7H9NO5S2/c1-14(9,10)7-4-5(15(11,12)13)2-3-6(7)8/h2-4H,8H2,1H3,(H,11,12,13). The SMILES string of the molecule is CS(=O)(=O)c1cc(S(=O)(=O)O)ccc1N. The van der Waals surface area contributed by atoms with Crippen molar-refractivity contribution in [1.29, 1.82) is 0 Å². The van der Waals surface area contributed by atoms with Gasteiger partial charge in [-0.15, -0.1) is 0 Å². The molecule has 8 heteroatoms. The van der Waals surface area contributed by atoms with E-state index in [1.807, 2.05) is 0 Å². The molecule has 0 spiro atoms. The Morgan fingerprint density at radius 3 is 2.13 bits per heavy atom. The van der Waals surface area contributed by atoms with Crippen molar-refractivity contribution in [3.8, 4) is 0 Å². The summed E-state index contributed by atoms with van der Waals surface area (Å²) >= 11 is 0. The van der Waals surface area contributed by atoms with Crippen LogP contribution in [0.3, 0.4) is 0 Å². The molecule has 3 N–H and O–H groups in total. The summed E-state index contributed by atoms with van der Waals surface area (Å²) in [5, 5.41) is 0. The van der Waals surface area contributed by atoms with E-state index in [1.54, 1.807) is 0 Å². The lowest BCUT2D eigenvalue weighted by Gasteiger charge is -2.04. The summed E-state index contributed by atoms with van der Waals surface area (Å²) in [5.74, 6) is 0. The highest BCUT2D eigenvalue weighted by atomic mass is 32.2. The van der Waals surface area contributed by atoms with E-state index in [4.69, 9.17) is 10.3 Å². The molecule has 0 aliphatic carbocycles. The first-order valence-corrected chi connectivity index (χ1v) is 7.02. The first-order valence-electron chi connectivity index (χ1n) is 3.69. The van der Waals surface area contributed by atoms with Crippen LogP contribution in [-0.2, 0) is 20.0 Å². The first kappa shape index (κ1) is 12.0. The monoisotopic (exact) mass is 251 g/mol. The molecule has 0 bridgehead atoms. The topological polar surface area (TPSA) is 115 Å². The third-order valence-corrected chi connectivity index (χ3v) is 3.68. The van der Waals surface area contributed by atoms with Crippen LogP contribution in [0.25, 0.3) is 0 Å². The van der Waals surface area contributed by atoms with Gasteiger partial charge in [0.05, 0.1) is 15.5 Å². The molecule has 0 saturated carbocycles. The van der Waals surface area contributed by atoms with Gasteiger partial charge >= 0.3 is 0 Å². The van der Waals surface area contributed by atoms with E-state index in [0.717, 1.165) is 24.5 Å². The van der Waals surface area contributed by atoms with Gasteiger partial charge in [0.1, 0.15) is 0 Å². The second kappa shape index (κ2) is 3.47. The maximum absolute atomic E-state index is 11.2. The molecule has 1 rings (SSSR count). The molecule has 0 aliphatic heterocycles. The van der Waals surface area contributed by atoms with Gasteiger partial charge in [0.2, 0.25) is 0 Å². The summed E-state index contributed by atoms with van der Waals surface area (Å²) in [6.45, 7) is 0.